The highest BCUT2D eigenvalue weighted by atomic mass is 15.2. The molecule has 2 aliphatic rings. The molecule has 0 radical (unpaired) electrons. The Morgan fingerprint density at radius 3 is 2.79 bits per heavy atom. The monoisotopic (exact) mass is 258 g/mol. The summed E-state index contributed by atoms with van der Waals surface area (Å²) in [6, 6.07) is 11.4. The highest BCUT2D eigenvalue weighted by Crippen LogP contribution is 2.32. The Morgan fingerprint density at radius 1 is 1.21 bits per heavy atom. The lowest BCUT2D eigenvalue weighted by Crippen LogP contribution is -2.47. The van der Waals surface area contributed by atoms with Crippen LogP contribution in [0.25, 0.3) is 0 Å². The molecule has 1 heterocycles. The zero-order chi connectivity index (χ0) is 13.1. The van der Waals surface area contributed by atoms with Crippen LogP contribution in [0.1, 0.15) is 37.8 Å². The molecule has 1 saturated heterocycles. The Hall–Kier alpha value is -0.860. The van der Waals surface area contributed by atoms with Crippen molar-refractivity contribution in [1.29, 1.82) is 0 Å². The van der Waals surface area contributed by atoms with Gasteiger partial charge in [-0.1, -0.05) is 50.1 Å². The van der Waals surface area contributed by atoms with Crippen molar-refractivity contribution in [2.24, 2.45) is 11.8 Å². The second kappa shape index (κ2) is 6.06. The molecule has 2 fully saturated rings. The fourth-order valence-corrected chi connectivity index (χ4v) is 3.71. The van der Waals surface area contributed by atoms with Crippen LogP contribution >= 0.6 is 0 Å². The number of benzene rings is 1. The van der Waals surface area contributed by atoms with Crippen molar-refractivity contribution >= 4 is 0 Å². The van der Waals surface area contributed by atoms with E-state index in [0.29, 0.717) is 6.04 Å². The normalized spacial score (nSPS) is 32.6. The molecule has 2 nitrogen and oxygen atoms in total. The van der Waals surface area contributed by atoms with Gasteiger partial charge in [-0.25, -0.2) is 0 Å². The lowest BCUT2D eigenvalue weighted by molar-refractivity contribution is 0.161. The highest BCUT2D eigenvalue weighted by molar-refractivity contribution is 5.19. The number of hydrogen-bond donors (Lipinski definition) is 1. The Labute approximate surface area is 117 Å². The second-order valence-corrected chi connectivity index (χ2v) is 6.35. The summed E-state index contributed by atoms with van der Waals surface area (Å²) in [5, 5.41) is 3.66. The molecule has 0 amide bonds. The van der Waals surface area contributed by atoms with Crippen LogP contribution in [0, 0.1) is 11.8 Å². The minimum Gasteiger partial charge on any atom is -0.308 e. The summed E-state index contributed by atoms with van der Waals surface area (Å²) in [5.74, 6) is 1.87. The molecular weight excluding hydrogens is 232 g/mol. The fourth-order valence-electron chi connectivity index (χ4n) is 3.71. The standard InChI is InChI=1S/C17H26N2/c1-14-6-5-9-16(14)12-19-11-10-18-17(13-19)15-7-3-2-4-8-15/h2-4,7-8,14,16-18H,5-6,9-13H2,1H3. The van der Waals surface area contributed by atoms with Gasteiger partial charge in [-0.05, 0) is 23.8 Å². The molecule has 19 heavy (non-hydrogen) atoms. The lowest BCUT2D eigenvalue weighted by atomic mass is 9.96. The van der Waals surface area contributed by atoms with E-state index in [2.05, 4.69) is 47.5 Å². The smallest absolute Gasteiger partial charge is 0.0449 e. The molecular formula is C17H26N2. The Balaban J connectivity index is 1.59. The third-order valence-electron chi connectivity index (χ3n) is 4.99. The largest absolute Gasteiger partial charge is 0.308 e. The van der Waals surface area contributed by atoms with Crippen molar-refractivity contribution in [3.05, 3.63) is 35.9 Å². The first-order valence-electron chi connectivity index (χ1n) is 7.83. The van der Waals surface area contributed by atoms with Crippen LogP contribution in [-0.2, 0) is 0 Å². The third-order valence-corrected chi connectivity index (χ3v) is 4.99. The van der Waals surface area contributed by atoms with Crippen molar-refractivity contribution < 1.29 is 0 Å². The Kier molecular flexibility index (Phi) is 4.19. The molecule has 0 aromatic heterocycles. The van der Waals surface area contributed by atoms with E-state index in [1.54, 1.807) is 0 Å². The van der Waals surface area contributed by atoms with Gasteiger partial charge in [-0.15, -0.1) is 0 Å². The van der Waals surface area contributed by atoms with Crippen LogP contribution in [0.3, 0.4) is 0 Å². The van der Waals surface area contributed by atoms with Gasteiger partial charge in [0, 0.05) is 32.2 Å². The van der Waals surface area contributed by atoms with Gasteiger partial charge in [0.15, 0.2) is 0 Å². The van der Waals surface area contributed by atoms with Gasteiger partial charge in [0.05, 0.1) is 0 Å². The maximum absolute atomic E-state index is 3.66. The number of hydrogen-bond acceptors (Lipinski definition) is 2. The van der Waals surface area contributed by atoms with E-state index in [1.165, 1.54) is 44.5 Å². The SMILES string of the molecule is CC1CCCC1CN1CCNC(c2ccccc2)C1. The molecule has 1 saturated carbocycles. The van der Waals surface area contributed by atoms with Gasteiger partial charge in [-0.2, -0.15) is 0 Å². The summed E-state index contributed by atoms with van der Waals surface area (Å²) in [6.07, 6.45) is 4.33. The number of rotatable bonds is 3. The van der Waals surface area contributed by atoms with Crippen LogP contribution < -0.4 is 5.32 Å². The number of piperazine rings is 1. The predicted octanol–water partition coefficient (Wildman–Crippen LogP) is 3.07. The zero-order valence-electron chi connectivity index (χ0n) is 12.0. The van der Waals surface area contributed by atoms with E-state index >= 15 is 0 Å². The summed E-state index contributed by atoms with van der Waals surface area (Å²) in [6.45, 7) is 7.27. The van der Waals surface area contributed by atoms with Gasteiger partial charge in [0.25, 0.3) is 0 Å². The van der Waals surface area contributed by atoms with Crippen LogP contribution in [0.4, 0.5) is 0 Å². The van der Waals surface area contributed by atoms with E-state index in [0.717, 1.165) is 18.4 Å². The molecule has 2 heteroatoms. The molecule has 1 aromatic rings. The second-order valence-electron chi connectivity index (χ2n) is 6.35. The summed E-state index contributed by atoms with van der Waals surface area (Å²) >= 11 is 0. The van der Waals surface area contributed by atoms with Crippen molar-refractivity contribution in [2.75, 3.05) is 26.2 Å². The zero-order valence-corrected chi connectivity index (χ0v) is 12.0. The molecule has 1 N–H and O–H groups in total. The third kappa shape index (κ3) is 3.18. The van der Waals surface area contributed by atoms with Crippen molar-refractivity contribution in [3.63, 3.8) is 0 Å². The van der Waals surface area contributed by atoms with Crippen molar-refractivity contribution in [1.82, 2.24) is 10.2 Å². The first-order chi connectivity index (χ1) is 9.33. The molecule has 1 aliphatic carbocycles. The van der Waals surface area contributed by atoms with Gasteiger partial charge in [0.2, 0.25) is 0 Å². The molecule has 0 bridgehead atoms. The van der Waals surface area contributed by atoms with Crippen LogP contribution in [0.15, 0.2) is 30.3 Å². The van der Waals surface area contributed by atoms with Crippen molar-refractivity contribution in [2.45, 2.75) is 32.2 Å². The topological polar surface area (TPSA) is 15.3 Å². The molecule has 0 spiro atoms. The highest BCUT2D eigenvalue weighted by Gasteiger charge is 2.28. The maximum Gasteiger partial charge on any atom is 0.0449 e. The van der Waals surface area contributed by atoms with Gasteiger partial charge in [0.1, 0.15) is 0 Å². The van der Waals surface area contributed by atoms with E-state index < -0.39 is 0 Å². The van der Waals surface area contributed by atoms with Gasteiger partial charge < -0.3 is 5.32 Å². The van der Waals surface area contributed by atoms with E-state index in [-0.39, 0.29) is 0 Å². The van der Waals surface area contributed by atoms with Crippen LogP contribution in [-0.4, -0.2) is 31.1 Å². The average molecular weight is 258 g/mol. The Morgan fingerprint density at radius 2 is 2.05 bits per heavy atom. The summed E-state index contributed by atoms with van der Waals surface area (Å²) < 4.78 is 0. The van der Waals surface area contributed by atoms with Crippen LogP contribution in [0.2, 0.25) is 0 Å². The summed E-state index contributed by atoms with van der Waals surface area (Å²) in [5.41, 5.74) is 1.44. The van der Waals surface area contributed by atoms with E-state index in [1.807, 2.05) is 0 Å². The molecule has 1 aromatic carbocycles. The molecule has 3 rings (SSSR count). The van der Waals surface area contributed by atoms with Gasteiger partial charge in [-0.3, -0.25) is 4.90 Å². The van der Waals surface area contributed by atoms with E-state index in [4.69, 9.17) is 0 Å². The first-order valence-corrected chi connectivity index (χ1v) is 7.83. The van der Waals surface area contributed by atoms with Crippen LogP contribution in [0.5, 0.6) is 0 Å². The fraction of sp³-hybridized carbons (Fsp3) is 0.647. The maximum atomic E-state index is 3.66. The average Bonchev–Trinajstić information content (AvgIpc) is 2.86. The van der Waals surface area contributed by atoms with E-state index in [9.17, 15) is 0 Å². The molecule has 1 aliphatic heterocycles. The number of nitrogens with zero attached hydrogens (tertiary/aromatic N) is 1. The van der Waals surface area contributed by atoms with Crippen molar-refractivity contribution in [3.8, 4) is 0 Å². The summed E-state index contributed by atoms with van der Waals surface area (Å²) in [7, 11) is 0. The lowest BCUT2D eigenvalue weighted by Gasteiger charge is -2.36. The van der Waals surface area contributed by atoms with Gasteiger partial charge >= 0.3 is 0 Å². The molecule has 104 valence electrons. The summed E-state index contributed by atoms with van der Waals surface area (Å²) in [4.78, 5) is 2.68. The predicted molar refractivity (Wildman–Crippen MR) is 80.1 cm³/mol. The molecule has 3 unspecified atom stereocenters. The first kappa shape index (κ1) is 13.1. The Bertz CT molecular complexity index is 390. The minimum atomic E-state index is 0.520. The molecule has 3 atom stereocenters. The number of nitrogens with one attached hydrogen (secondary N) is 1. The quantitative estimate of drug-likeness (QED) is 0.896. The minimum absolute atomic E-state index is 0.520.